The Morgan fingerprint density at radius 1 is 1.41 bits per heavy atom. The lowest BCUT2D eigenvalue weighted by atomic mass is 10.1. The Kier molecular flexibility index (Phi) is 5.97. The molecule has 0 bridgehead atoms. The van der Waals surface area contributed by atoms with Crippen LogP contribution in [-0.4, -0.2) is 33.3 Å². The highest BCUT2D eigenvalue weighted by molar-refractivity contribution is 6.31. The Morgan fingerprint density at radius 3 is 2.71 bits per heavy atom. The fourth-order valence-electron chi connectivity index (χ4n) is 1.45. The van der Waals surface area contributed by atoms with E-state index in [1.807, 2.05) is 12.1 Å². The van der Waals surface area contributed by atoms with E-state index in [2.05, 4.69) is 5.32 Å². The van der Waals surface area contributed by atoms with Gasteiger partial charge in [-0.25, -0.2) is 4.79 Å². The topological polar surface area (TPSA) is 47.6 Å². The van der Waals surface area contributed by atoms with Crippen LogP contribution in [0.15, 0.2) is 24.3 Å². The van der Waals surface area contributed by atoms with Crippen molar-refractivity contribution in [3.63, 3.8) is 0 Å². The molecule has 0 aliphatic heterocycles. The van der Waals surface area contributed by atoms with Gasteiger partial charge >= 0.3 is 5.97 Å². The third-order valence-corrected chi connectivity index (χ3v) is 2.65. The number of rotatable bonds is 6. The van der Waals surface area contributed by atoms with E-state index >= 15 is 0 Å². The van der Waals surface area contributed by atoms with Crippen molar-refractivity contribution in [1.82, 2.24) is 5.32 Å². The fraction of sp³-hybridized carbons (Fsp3) is 0.417. The van der Waals surface area contributed by atoms with Gasteiger partial charge in [0.1, 0.15) is 6.04 Å². The van der Waals surface area contributed by atoms with Crippen molar-refractivity contribution >= 4 is 17.6 Å². The third kappa shape index (κ3) is 4.00. The van der Waals surface area contributed by atoms with Gasteiger partial charge in [-0.2, -0.15) is 0 Å². The van der Waals surface area contributed by atoms with Gasteiger partial charge in [-0.3, -0.25) is 5.32 Å². The van der Waals surface area contributed by atoms with Crippen LogP contribution < -0.4 is 5.32 Å². The zero-order chi connectivity index (χ0) is 12.7. The average Bonchev–Trinajstić information content (AvgIpc) is 2.35. The van der Waals surface area contributed by atoms with Crippen LogP contribution >= 0.6 is 11.6 Å². The smallest absolute Gasteiger partial charge is 0.327 e. The first-order valence-electron chi connectivity index (χ1n) is 5.25. The number of nitrogens with one attached hydrogen (secondary N) is 1. The molecule has 5 heteroatoms. The Bertz CT molecular complexity index is 371. The maximum atomic E-state index is 11.7. The van der Waals surface area contributed by atoms with Crippen molar-refractivity contribution < 1.29 is 14.3 Å². The molecule has 1 rings (SSSR count). The maximum Gasteiger partial charge on any atom is 0.327 e. The van der Waals surface area contributed by atoms with Gasteiger partial charge in [-0.05, 0) is 11.6 Å². The predicted octanol–water partition coefficient (Wildman–Crippen LogP) is 1.79. The zero-order valence-electron chi connectivity index (χ0n) is 9.90. The van der Waals surface area contributed by atoms with Crippen molar-refractivity contribution in [2.45, 2.75) is 6.04 Å². The van der Waals surface area contributed by atoms with Gasteiger partial charge in [-0.1, -0.05) is 29.8 Å². The molecular formula is C12H16ClNO3. The highest BCUT2D eigenvalue weighted by atomic mass is 35.5. The molecule has 0 saturated heterocycles. The minimum absolute atomic E-state index is 0.366. The van der Waals surface area contributed by atoms with Gasteiger partial charge in [0.2, 0.25) is 0 Å². The molecule has 17 heavy (non-hydrogen) atoms. The molecule has 0 aromatic heterocycles. The molecule has 0 amide bonds. The van der Waals surface area contributed by atoms with Gasteiger partial charge in [-0.15, -0.1) is 0 Å². The molecule has 0 fully saturated rings. The van der Waals surface area contributed by atoms with Crippen LogP contribution in [0.1, 0.15) is 11.6 Å². The van der Waals surface area contributed by atoms with Crippen molar-refractivity contribution in [3.05, 3.63) is 34.9 Å². The summed E-state index contributed by atoms with van der Waals surface area (Å²) in [6.07, 6.45) is 0. The standard InChI is InChI=1S/C12H16ClNO3/c1-16-8-7-14-11(12(15)17-2)9-5-3-4-6-10(9)13/h3-6,11,14H,7-8H2,1-2H3. The second kappa shape index (κ2) is 7.27. The second-order valence-electron chi connectivity index (χ2n) is 3.42. The van der Waals surface area contributed by atoms with Crippen molar-refractivity contribution in [1.29, 1.82) is 0 Å². The van der Waals surface area contributed by atoms with Crippen LogP contribution in [0.4, 0.5) is 0 Å². The molecule has 1 unspecified atom stereocenters. The van der Waals surface area contributed by atoms with Crippen LogP contribution in [0.5, 0.6) is 0 Å². The normalized spacial score (nSPS) is 12.2. The van der Waals surface area contributed by atoms with Gasteiger partial charge in [0.25, 0.3) is 0 Å². The minimum Gasteiger partial charge on any atom is -0.468 e. The van der Waals surface area contributed by atoms with E-state index in [1.54, 1.807) is 19.2 Å². The molecule has 94 valence electrons. The van der Waals surface area contributed by atoms with E-state index in [9.17, 15) is 4.79 Å². The van der Waals surface area contributed by atoms with Crippen molar-refractivity contribution in [2.75, 3.05) is 27.4 Å². The average molecular weight is 258 g/mol. The number of halogens is 1. The van der Waals surface area contributed by atoms with Gasteiger partial charge in [0, 0.05) is 18.7 Å². The maximum absolute atomic E-state index is 11.7. The molecule has 0 saturated carbocycles. The van der Waals surface area contributed by atoms with E-state index in [1.165, 1.54) is 7.11 Å². The summed E-state index contributed by atoms with van der Waals surface area (Å²) in [5.74, 6) is -0.366. The third-order valence-electron chi connectivity index (χ3n) is 2.31. The number of benzene rings is 1. The predicted molar refractivity (Wildman–Crippen MR) is 66.1 cm³/mol. The first kappa shape index (κ1) is 14.0. The van der Waals surface area contributed by atoms with E-state index in [-0.39, 0.29) is 5.97 Å². The minimum atomic E-state index is -0.566. The number of hydrogen-bond donors (Lipinski definition) is 1. The van der Waals surface area contributed by atoms with Crippen LogP contribution in [0, 0.1) is 0 Å². The molecule has 0 radical (unpaired) electrons. The highest BCUT2D eigenvalue weighted by Gasteiger charge is 2.22. The van der Waals surface area contributed by atoms with Gasteiger partial charge < -0.3 is 9.47 Å². The van der Waals surface area contributed by atoms with E-state index in [0.29, 0.717) is 23.7 Å². The van der Waals surface area contributed by atoms with Crippen LogP contribution in [-0.2, 0) is 14.3 Å². The summed E-state index contributed by atoms with van der Waals surface area (Å²) in [5, 5.41) is 3.58. The van der Waals surface area contributed by atoms with Gasteiger partial charge in [0.05, 0.1) is 13.7 Å². The summed E-state index contributed by atoms with van der Waals surface area (Å²) in [6.45, 7) is 1.05. The largest absolute Gasteiger partial charge is 0.468 e. The summed E-state index contributed by atoms with van der Waals surface area (Å²) in [5.41, 5.74) is 0.706. The van der Waals surface area contributed by atoms with Gasteiger partial charge in [0.15, 0.2) is 0 Å². The summed E-state index contributed by atoms with van der Waals surface area (Å²) < 4.78 is 9.68. The summed E-state index contributed by atoms with van der Waals surface area (Å²) in [7, 11) is 2.95. The number of carbonyl (C=O) groups excluding carboxylic acids is 1. The first-order chi connectivity index (χ1) is 8.20. The van der Waals surface area contributed by atoms with Crippen LogP contribution in [0.3, 0.4) is 0 Å². The second-order valence-corrected chi connectivity index (χ2v) is 3.83. The molecule has 0 aliphatic rings. The number of carbonyl (C=O) groups is 1. The number of methoxy groups -OCH3 is 2. The lowest BCUT2D eigenvalue weighted by molar-refractivity contribution is -0.143. The Morgan fingerprint density at radius 2 is 2.12 bits per heavy atom. The van der Waals surface area contributed by atoms with Crippen molar-refractivity contribution in [3.8, 4) is 0 Å². The lowest BCUT2D eigenvalue weighted by Crippen LogP contribution is -2.32. The van der Waals surface area contributed by atoms with Crippen LogP contribution in [0.2, 0.25) is 5.02 Å². The number of hydrogen-bond acceptors (Lipinski definition) is 4. The monoisotopic (exact) mass is 257 g/mol. The molecule has 4 nitrogen and oxygen atoms in total. The van der Waals surface area contributed by atoms with Crippen LogP contribution in [0.25, 0.3) is 0 Å². The fourth-order valence-corrected chi connectivity index (χ4v) is 1.70. The SMILES string of the molecule is COCCNC(C(=O)OC)c1ccccc1Cl. The summed E-state index contributed by atoms with van der Waals surface area (Å²) in [6, 6.07) is 6.61. The molecule has 1 atom stereocenters. The molecule has 0 heterocycles. The molecule has 0 aliphatic carbocycles. The molecule has 1 N–H and O–H groups in total. The molecule has 1 aromatic carbocycles. The molecular weight excluding hydrogens is 242 g/mol. The Hall–Kier alpha value is -1.10. The van der Waals surface area contributed by atoms with E-state index in [4.69, 9.17) is 21.1 Å². The highest BCUT2D eigenvalue weighted by Crippen LogP contribution is 2.23. The first-order valence-corrected chi connectivity index (χ1v) is 5.63. The van der Waals surface area contributed by atoms with E-state index in [0.717, 1.165) is 0 Å². The Balaban J connectivity index is 2.82. The summed E-state index contributed by atoms with van der Waals surface area (Å²) in [4.78, 5) is 11.7. The quantitative estimate of drug-likeness (QED) is 0.624. The summed E-state index contributed by atoms with van der Waals surface area (Å²) >= 11 is 6.05. The molecule has 1 aromatic rings. The Labute approximate surface area is 106 Å². The zero-order valence-corrected chi connectivity index (χ0v) is 10.7. The van der Waals surface area contributed by atoms with Crippen molar-refractivity contribution in [2.24, 2.45) is 0 Å². The number of esters is 1. The lowest BCUT2D eigenvalue weighted by Gasteiger charge is -2.17. The number of ether oxygens (including phenoxy) is 2. The van der Waals surface area contributed by atoms with E-state index < -0.39 is 6.04 Å². The molecule has 0 spiro atoms.